The number of anilines is 2. The van der Waals surface area contributed by atoms with Gasteiger partial charge in [-0.15, -0.1) is 0 Å². The minimum absolute atomic E-state index is 0.0608. The Labute approximate surface area is 189 Å². The van der Waals surface area contributed by atoms with Crippen molar-refractivity contribution in [2.75, 3.05) is 30.9 Å². The molecule has 0 radical (unpaired) electrons. The third-order valence-electron chi connectivity index (χ3n) is 5.39. The molecule has 3 aromatic rings. The van der Waals surface area contributed by atoms with E-state index in [0.29, 0.717) is 43.8 Å². The maximum Gasteiger partial charge on any atom is 0.226 e. The number of benzene rings is 2. The van der Waals surface area contributed by atoms with Gasteiger partial charge in [0.15, 0.2) is 5.78 Å². The normalized spacial score (nSPS) is 10.7. The lowest BCUT2D eigenvalue weighted by molar-refractivity contribution is -0.118. The van der Waals surface area contributed by atoms with Gasteiger partial charge < -0.3 is 15.4 Å². The van der Waals surface area contributed by atoms with Crippen molar-refractivity contribution in [3.8, 4) is 11.1 Å². The molecule has 0 saturated heterocycles. The summed E-state index contributed by atoms with van der Waals surface area (Å²) in [6.07, 6.45) is 3.03. The van der Waals surface area contributed by atoms with E-state index in [2.05, 4.69) is 4.98 Å². The minimum atomic E-state index is 0.0608. The summed E-state index contributed by atoms with van der Waals surface area (Å²) >= 11 is 0. The maximum absolute atomic E-state index is 12.6. The first-order chi connectivity index (χ1) is 15.5. The van der Waals surface area contributed by atoms with Gasteiger partial charge in [-0.3, -0.25) is 9.59 Å². The first kappa shape index (κ1) is 23.2. The van der Waals surface area contributed by atoms with Gasteiger partial charge in [0.05, 0.1) is 6.61 Å². The number of nitrogen functional groups attached to an aromatic ring is 1. The lowest BCUT2D eigenvalue weighted by Crippen LogP contribution is -2.33. The van der Waals surface area contributed by atoms with Gasteiger partial charge in [-0.1, -0.05) is 49.4 Å². The molecule has 2 aromatic carbocycles. The number of nitrogens with zero attached hydrogens (tertiary/aromatic N) is 2. The summed E-state index contributed by atoms with van der Waals surface area (Å²) < 4.78 is 5.13. The first-order valence-electron chi connectivity index (χ1n) is 10.8. The minimum Gasteiger partial charge on any atom is -0.383 e. The fourth-order valence-electron chi connectivity index (χ4n) is 3.51. The third kappa shape index (κ3) is 5.80. The molecule has 2 N–H and O–H groups in total. The van der Waals surface area contributed by atoms with Crippen molar-refractivity contribution in [3.63, 3.8) is 0 Å². The number of ether oxygens (including phenoxy) is 1. The molecule has 0 saturated carbocycles. The van der Waals surface area contributed by atoms with E-state index in [0.717, 1.165) is 22.4 Å². The number of Topliss-reactive ketones (excluding diaryl/α,β-unsaturated/α-hetero) is 1. The van der Waals surface area contributed by atoms with Crippen LogP contribution in [0.25, 0.3) is 11.1 Å². The molecule has 1 heterocycles. The number of hydrogen-bond donors (Lipinski definition) is 1. The van der Waals surface area contributed by atoms with E-state index in [4.69, 9.17) is 10.5 Å². The van der Waals surface area contributed by atoms with Crippen LogP contribution in [0.5, 0.6) is 0 Å². The summed E-state index contributed by atoms with van der Waals surface area (Å²) in [4.78, 5) is 30.6. The van der Waals surface area contributed by atoms with Crippen molar-refractivity contribution in [2.24, 2.45) is 0 Å². The molecule has 0 aliphatic rings. The van der Waals surface area contributed by atoms with Crippen molar-refractivity contribution in [1.29, 1.82) is 0 Å². The van der Waals surface area contributed by atoms with Gasteiger partial charge in [-0.25, -0.2) is 4.98 Å². The average molecular weight is 432 g/mol. The lowest BCUT2D eigenvalue weighted by atomic mass is 9.99. The molecule has 0 fully saturated rings. The smallest absolute Gasteiger partial charge is 0.226 e. The Hall–Kier alpha value is -3.51. The average Bonchev–Trinajstić information content (AvgIpc) is 2.84. The number of nitrogens with two attached hydrogens (primary N) is 1. The maximum atomic E-state index is 12.6. The number of amides is 1. The molecule has 0 aliphatic carbocycles. The summed E-state index contributed by atoms with van der Waals surface area (Å²) in [6, 6.07) is 19.2. The van der Waals surface area contributed by atoms with E-state index in [1.165, 1.54) is 0 Å². The van der Waals surface area contributed by atoms with Crippen LogP contribution in [0.4, 0.5) is 11.5 Å². The summed E-state index contributed by atoms with van der Waals surface area (Å²) in [6.45, 7) is 2.85. The SMILES string of the molecule is CCC(=O)N(CCOC)c1ccc(-c2ccc(C(=O)CCc3cccnc3N)cc2)cc1. The number of methoxy groups -OCH3 is 1. The monoisotopic (exact) mass is 431 g/mol. The molecular weight excluding hydrogens is 402 g/mol. The van der Waals surface area contributed by atoms with Gasteiger partial charge in [-0.2, -0.15) is 0 Å². The second-order valence-corrected chi connectivity index (χ2v) is 7.49. The topological polar surface area (TPSA) is 85.5 Å². The quantitative estimate of drug-likeness (QED) is 0.477. The molecule has 0 aliphatic heterocycles. The predicted molar refractivity (Wildman–Crippen MR) is 128 cm³/mol. The van der Waals surface area contributed by atoms with E-state index in [1.807, 2.05) is 67.6 Å². The van der Waals surface area contributed by atoms with Gasteiger partial charge in [-0.05, 0) is 41.3 Å². The highest BCUT2D eigenvalue weighted by molar-refractivity contribution is 5.97. The fraction of sp³-hybridized carbons (Fsp3) is 0.269. The third-order valence-corrected chi connectivity index (χ3v) is 5.39. The zero-order chi connectivity index (χ0) is 22.9. The van der Waals surface area contributed by atoms with E-state index < -0.39 is 0 Å². The molecule has 32 heavy (non-hydrogen) atoms. The molecule has 0 unspecified atom stereocenters. The van der Waals surface area contributed by atoms with Crippen molar-refractivity contribution >= 4 is 23.2 Å². The van der Waals surface area contributed by atoms with Gasteiger partial charge in [0.1, 0.15) is 5.82 Å². The number of ketones is 1. The van der Waals surface area contributed by atoms with Crippen molar-refractivity contribution in [3.05, 3.63) is 78.0 Å². The van der Waals surface area contributed by atoms with Crippen LogP contribution < -0.4 is 10.6 Å². The lowest BCUT2D eigenvalue weighted by Gasteiger charge is -2.22. The number of aromatic nitrogens is 1. The first-order valence-corrected chi connectivity index (χ1v) is 10.8. The van der Waals surface area contributed by atoms with Crippen LogP contribution in [-0.2, 0) is 16.0 Å². The van der Waals surface area contributed by atoms with Crippen LogP contribution in [0.2, 0.25) is 0 Å². The summed E-state index contributed by atoms with van der Waals surface area (Å²) in [5, 5.41) is 0. The number of aryl methyl sites for hydroxylation is 1. The zero-order valence-electron chi connectivity index (χ0n) is 18.6. The Balaban J connectivity index is 1.66. The Morgan fingerprint density at radius 3 is 2.25 bits per heavy atom. The molecule has 0 bridgehead atoms. The molecule has 6 heteroatoms. The molecule has 0 atom stereocenters. The molecule has 0 spiro atoms. The van der Waals surface area contributed by atoms with Gasteiger partial charge >= 0.3 is 0 Å². The zero-order valence-corrected chi connectivity index (χ0v) is 18.6. The Bertz CT molecular complexity index is 1050. The number of carbonyl (C=O) groups excluding carboxylic acids is 2. The largest absolute Gasteiger partial charge is 0.383 e. The number of carbonyl (C=O) groups is 2. The number of hydrogen-bond acceptors (Lipinski definition) is 5. The molecule has 166 valence electrons. The van der Waals surface area contributed by atoms with E-state index >= 15 is 0 Å². The van der Waals surface area contributed by atoms with E-state index in [1.54, 1.807) is 18.2 Å². The second kappa shape index (κ2) is 11.2. The Kier molecular flexibility index (Phi) is 8.11. The Morgan fingerprint density at radius 2 is 1.66 bits per heavy atom. The van der Waals surface area contributed by atoms with Crippen LogP contribution in [0.1, 0.15) is 35.7 Å². The van der Waals surface area contributed by atoms with Crippen molar-refractivity contribution < 1.29 is 14.3 Å². The summed E-state index contributed by atoms with van der Waals surface area (Å²) in [5.74, 6) is 0.605. The molecule has 1 amide bonds. The molecule has 1 aromatic heterocycles. The molecule has 3 rings (SSSR count). The van der Waals surface area contributed by atoms with Gasteiger partial charge in [0.2, 0.25) is 5.91 Å². The highest BCUT2D eigenvalue weighted by Gasteiger charge is 2.14. The number of pyridine rings is 1. The van der Waals surface area contributed by atoms with Crippen LogP contribution in [0.15, 0.2) is 66.9 Å². The van der Waals surface area contributed by atoms with Crippen LogP contribution >= 0.6 is 0 Å². The highest BCUT2D eigenvalue weighted by Crippen LogP contribution is 2.24. The van der Waals surface area contributed by atoms with Gasteiger partial charge in [0, 0.05) is 43.9 Å². The van der Waals surface area contributed by atoms with E-state index in [-0.39, 0.29) is 11.7 Å². The summed E-state index contributed by atoms with van der Waals surface area (Å²) in [5.41, 5.74) is 10.3. The molecule has 6 nitrogen and oxygen atoms in total. The standard InChI is InChI=1S/C26H29N3O3/c1-3-25(31)29(17-18-32-2)23-13-10-20(11-14-23)19-6-8-21(9-7-19)24(30)15-12-22-5-4-16-28-26(22)27/h4-11,13-14,16H,3,12,15,17-18H2,1-2H3,(H2,27,28). The van der Waals surface area contributed by atoms with Crippen molar-refractivity contribution in [1.82, 2.24) is 4.98 Å². The van der Waals surface area contributed by atoms with Crippen molar-refractivity contribution in [2.45, 2.75) is 26.2 Å². The van der Waals surface area contributed by atoms with Crippen LogP contribution in [0.3, 0.4) is 0 Å². The van der Waals surface area contributed by atoms with Crippen LogP contribution in [0, 0.1) is 0 Å². The number of rotatable bonds is 10. The Morgan fingerprint density at radius 1 is 1.00 bits per heavy atom. The fourth-order valence-corrected chi connectivity index (χ4v) is 3.51. The van der Waals surface area contributed by atoms with Gasteiger partial charge in [0.25, 0.3) is 0 Å². The second-order valence-electron chi connectivity index (χ2n) is 7.49. The predicted octanol–water partition coefficient (Wildman–Crippen LogP) is 4.54. The highest BCUT2D eigenvalue weighted by atomic mass is 16.5. The van der Waals surface area contributed by atoms with Crippen LogP contribution in [-0.4, -0.2) is 36.9 Å². The summed E-state index contributed by atoms with van der Waals surface area (Å²) in [7, 11) is 1.63. The van der Waals surface area contributed by atoms with E-state index in [9.17, 15) is 9.59 Å². The molecular formula is C26H29N3O3.